The zero-order valence-electron chi connectivity index (χ0n) is 39.3. The topological polar surface area (TPSA) is 108 Å². The average Bonchev–Trinajstić information content (AvgIpc) is 3.17. The number of likely N-dealkylation sites (N-methyl/N-ethyl adjacent to an activating group) is 1. The monoisotopic (exact) mass is 843 g/mol. The van der Waals surface area contributed by atoms with E-state index in [-0.39, 0.29) is 19.1 Å². The van der Waals surface area contributed by atoms with Crippen LogP contribution in [0.5, 0.6) is 0 Å². The third-order valence-electron chi connectivity index (χ3n) is 11.5. The van der Waals surface area contributed by atoms with Gasteiger partial charge in [0, 0.05) is 6.42 Å². The Hall–Kier alpha value is -0.760. The van der Waals surface area contributed by atoms with Gasteiger partial charge in [0.05, 0.1) is 39.9 Å². The van der Waals surface area contributed by atoms with Crippen molar-refractivity contribution in [2.24, 2.45) is 0 Å². The number of carbonyl (C=O) groups excluding carboxylic acids is 1. The molecule has 0 radical (unpaired) electrons. The van der Waals surface area contributed by atoms with Crippen molar-refractivity contribution in [3.8, 4) is 0 Å². The molecule has 9 heteroatoms. The third-order valence-corrected chi connectivity index (χ3v) is 12.5. The molecule has 0 heterocycles. The molecule has 0 saturated carbocycles. The first-order chi connectivity index (χ1) is 28.0. The number of allylic oxidation sites excluding steroid dienone is 1. The van der Waals surface area contributed by atoms with E-state index in [1.165, 1.54) is 186 Å². The van der Waals surface area contributed by atoms with Crippen LogP contribution in [-0.4, -0.2) is 68.5 Å². The number of rotatable bonds is 46. The summed E-state index contributed by atoms with van der Waals surface area (Å²) in [5.74, 6) is -0.194. The lowest BCUT2D eigenvalue weighted by Gasteiger charge is -2.29. The van der Waals surface area contributed by atoms with E-state index in [1.54, 1.807) is 6.08 Å². The molecule has 0 bridgehead atoms. The predicted octanol–water partition coefficient (Wildman–Crippen LogP) is 13.7. The van der Waals surface area contributed by atoms with Crippen LogP contribution in [0.3, 0.4) is 0 Å². The van der Waals surface area contributed by atoms with Gasteiger partial charge in [-0.05, 0) is 19.3 Å². The first-order valence-electron chi connectivity index (χ1n) is 25.1. The molecule has 0 aliphatic carbocycles. The van der Waals surface area contributed by atoms with E-state index >= 15 is 0 Å². The second-order valence-electron chi connectivity index (χ2n) is 18.5. The second kappa shape index (κ2) is 41.6. The number of phosphoric ester groups is 1. The minimum atomic E-state index is -4.58. The highest BCUT2D eigenvalue weighted by Gasteiger charge is 2.23. The van der Waals surface area contributed by atoms with Crippen molar-refractivity contribution in [1.82, 2.24) is 5.32 Å². The minimum Gasteiger partial charge on any atom is -0.756 e. The molecule has 0 fully saturated rings. The SMILES string of the molecule is CCCCCCCCCCCCCCCCCCCCCCC/C=C/C(O)C(COP(=O)([O-])OCC[N+](C)(C)C)NC(=O)CCCCCCCCCCCCCCC. The number of nitrogens with zero attached hydrogens (tertiary/aromatic N) is 1. The van der Waals surface area contributed by atoms with Crippen LogP contribution >= 0.6 is 7.82 Å². The number of amides is 1. The molecule has 3 atom stereocenters. The van der Waals surface area contributed by atoms with Crippen molar-refractivity contribution >= 4 is 13.7 Å². The predicted molar refractivity (Wildman–Crippen MR) is 247 cm³/mol. The van der Waals surface area contributed by atoms with Gasteiger partial charge in [0.25, 0.3) is 7.82 Å². The second-order valence-corrected chi connectivity index (χ2v) is 19.9. The van der Waals surface area contributed by atoms with E-state index in [4.69, 9.17) is 9.05 Å². The zero-order valence-corrected chi connectivity index (χ0v) is 40.2. The van der Waals surface area contributed by atoms with Crippen molar-refractivity contribution in [3.05, 3.63) is 12.2 Å². The van der Waals surface area contributed by atoms with Gasteiger partial charge in [0.1, 0.15) is 13.2 Å². The van der Waals surface area contributed by atoms with Gasteiger partial charge in [-0.1, -0.05) is 231 Å². The fraction of sp³-hybridized carbons (Fsp3) is 0.939. The number of unbranched alkanes of at least 4 members (excludes halogenated alkanes) is 33. The summed E-state index contributed by atoms with van der Waals surface area (Å²) in [5, 5.41) is 13.8. The third kappa shape index (κ3) is 43.3. The molecule has 8 nitrogen and oxygen atoms in total. The summed E-state index contributed by atoms with van der Waals surface area (Å²) in [7, 11) is 1.27. The highest BCUT2D eigenvalue weighted by atomic mass is 31.2. The number of hydrogen-bond acceptors (Lipinski definition) is 6. The van der Waals surface area contributed by atoms with Gasteiger partial charge in [-0.25, -0.2) is 0 Å². The number of aliphatic hydroxyl groups excluding tert-OH is 1. The zero-order chi connectivity index (χ0) is 42.8. The lowest BCUT2D eigenvalue weighted by Crippen LogP contribution is -2.45. The lowest BCUT2D eigenvalue weighted by atomic mass is 10.0. The first kappa shape index (κ1) is 57.2. The largest absolute Gasteiger partial charge is 0.756 e. The van der Waals surface area contributed by atoms with Gasteiger partial charge in [-0.2, -0.15) is 0 Å². The van der Waals surface area contributed by atoms with E-state index in [2.05, 4.69) is 19.2 Å². The molecular formula is C49H99N2O6P. The highest BCUT2D eigenvalue weighted by Crippen LogP contribution is 2.38. The van der Waals surface area contributed by atoms with Gasteiger partial charge in [0.15, 0.2) is 0 Å². The van der Waals surface area contributed by atoms with E-state index in [0.717, 1.165) is 38.5 Å². The molecular weight excluding hydrogens is 744 g/mol. The van der Waals surface area contributed by atoms with Crippen LogP contribution in [0.1, 0.15) is 245 Å². The summed E-state index contributed by atoms with van der Waals surface area (Å²) in [6, 6.07) is -0.880. The maximum atomic E-state index is 12.9. The number of carbonyl (C=O) groups is 1. The normalized spacial score (nSPS) is 14.3. The van der Waals surface area contributed by atoms with Crippen molar-refractivity contribution in [1.29, 1.82) is 0 Å². The molecule has 58 heavy (non-hydrogen) atoms. The van der Waals surface area contributed by atoms with E-state index in [1.807, 2.05) is 27.2 Å². The van der Waals surface area contributed by atoms with Gasteiger partial charge >= 0.3 is 0 Å². The van der Waals surface area contributed by atoms with E-state index in [0.29, 0.717) is 17.4 Å². The smallest absolute Gasteiger partial charge is 0.268 e. The van der Waals surface area contributed by atoms with Crippen LogP contribution < -0.4 is 10.2 Å². The van der Waals surface area contributed by atoms with Crippen molar-refractivity contribution in [3.63, 3.8) is 0 Å². The molecule has 0 aromatic heterocycles. The van der Waals surface area contributed by atoms with Crippen molar-refractivity contribution in [2.75, 3.05) is 40.9 Å². The Morgan fingerprint density at radius 2 is 0.931 bits per heavy atom. The van der Waals surface area contributed by atoms with Gasteiger partial charge < -0.3 is 28.8 Å². The fourth-order valence-corrected chi connectivity index (χ4v) is 8.23. The quantitative estimate of drug-likeness (QED) is 0.0273. The van der Waals surface area contributed by atoms with E-state index < -0.39 is 20.0 Å². The van der Waals surface area contributed by atoms with Crippen molar-refractivity contribution in [2.45, 2.75) is 257 Å². The number of hydrogen-bond donors (Lipinski definition) is 2. The van der Waals surface area contributed by atoms with Crippen LogP contribution in [0, 0.1) is 0 Å². The molecule has 3 unspecified atom stereocenters. The molecule has 0 aliphatic heterocycles. The number of quaternary nitrogens is 1. The fourth-order valence-electron chi connectivity index (χ4n) is 7.51. The van der Waals surface area contributed by atoms with Crippen molar-refractivity contribution < 1.29 is 32.9 Å². The molecule has 346 valence electrons. The summed E-state index contributed by atoms with van der Waals surface area (Å²) in [4.78, 5) is 25.3. The Bertz CT molecular complexity index is 958. The maximum absolute atomic E-state index is 12.9. The Kier molecular flexibility index (Phi) is 41.0. The van der Waals surface area contributed by atoms with E-state index in [9.17, 15) is 19.4 Å². The molecule has 2 N–H and O–H groups in total. The van der Waals surface area contributed by atoms with Crippen LogP contribution in [0.15, 0.2) is 12.2 Å². The lowest BCUT2D eigenvalue weighted by molar-refractivity contribution is -0.870. The summed E-state index contributed by atoms with van der Waals surface area (Å²) >= 11 is 0. The molecule has 0 saturated heterocycles. The van der Waals surface area contributed by atoms with Crippen LogP contribution in [0.2, 0.25) is 0 Å². The number of nitrogens with one attached hydrogen (secondary N) is 1. The summed E-state index contributed by atoms with van der Waals surface area (Å²) < 4.78 is 23.2. The molecule has 0 aromatic carbocycles. The first-order valence-corrected chi connectivity index (χ1v) is 26.5. The Morgan fingerprint density at radius 3 is 1.29 bits per heavy atom. The van der Waals surface area contributed by atoms with Crippen LogP contribution in [-0.2, 0) is 18.4 Å². The minimum absolute atomic E-state index is 0.00230. The molecule has 0 spiro atoms. The summed E-state index contributed by atoms with van der Waals surface area (Å²) in [6.45, 7) is 4.67. The molecule has 0 aliphatic rings. The average molecular weight is 843 g/mol. The van der Waals surface area contributed by atoms with Crippen LogP contribution in [0.4, 0.5) is 0 Å². The number of aliphatic hydroxyl groups is 1. The Morgan fingerprint density at radius 1 is 0.586 bits per heavy atom. The molecule has 1 amide bonds. The van der Waals surface area contributed by atoms with Gasteiger partial charge in [-0.15, -0.1) is 0 Å². The highest BCUT2D eigenvalue weighted by molar-refractivity contribution is 7.45. The molecule has 0 rings (SSSR count). The maximum Gasteiger partial charge on any atom is 0.268 e. The van der Waals surface area contributed by atoms with Crippen LogP contribution in [0.25, 0.3) is 0 Å². The summed E-state index contributed by atoms with van der Waals surface area (Å²) in [5.41, 5.74) is 0. The Labute approximate surface area is 361 Å². The number of phosphoric acid groups is 1. The van der Waals surface area contributed by atoms with Gasteiger partial charge in [0.2, 0.25) is 5.91 Å². The molecule has 0 aromatic rings. The van der Waals surface area contributed by atoms with Gasteiger partial charge in [-0.3, -0.25) is 9.36 Å². The standard InChI is InChI=1S/C49H99N2O6P/c1-6-8-10-12-14-16-18-20-21-22-23-24-25-26-27-28-29-31-32-34-36-38-40-42-48(52)47(46-57-58(54,55)56-45-44-51(3,4)5)50-49(53)43-41-39-37-35-33-30-19-17-15-13-11-9-7-2/h40,42,47-48,52H,6-39,41,43-46H2,1-5H3,(H-,50,53,54,55)/b42-40+. The Balaban J connectivity index is 4.25. The summed E-state index contributed by atoms with van der Waals surface area (Å²) in [6.07, 6.45) is 48.4.